The number of nitrogens with two attached hydrogens (primary N) is 1. The van der Waals surface area contributed by atoms with Gasteiger partial charge in [0, 0.05) is 116 Å². The number of nitro benzene ring substituents is 3. The van der Waals surface area contributed by atoms with Crippen molar-refractivity contribution < 1.29 is 127 Å². The van der Waals surface area contributed by atoms with Crippen LogP contribution >= 0.6 is 11.9 Å². The van der Waals surface area contributed by atoms with Crippen LogP contribution in [0.15, 0.2) is 163 Å². The van der Waals surface area contributed by atoms with Crippen LogP contribution in [0, 0.1) is 30.3 Å². The molecule has 46 heteroatoms. The van der Waals surface area contributed by atoms with Crippen molar-refractivity contribution in [3.8, 4) is 0 Å². The van der Waals surface area contributed by atoms with E-state index in [0.29, 0.717) is 32.0 Å². The van der Waals surface area contributed by atoms with Gasteiger partial charge in [-0.05, 0) is 173 Å². The number of nitrogen functional groups attached to an aromatic ring is 1. The van der Waals surface area contributed by atoms with Crippen LogP contribution in [0.2, 0.25) is 20.5 Å². The van der Waals surface area contributed by atoms with E-state index in [-0.39, 0.29) is 75.2 Å². The number of nitro groups is 3. The zero-order valence-electron chi connectivity index (χ0n) is 60.3. The van der Waals surface area contributed by atoms with Crippen molar-refractivity contribution in [2.24, 2.45) is 0 Å². The standard InChI is InChI=1S/2C11H10BN2O3.C11H14BN2O.C8H5F6NO2S2.C6H6BNO4.2C6H12BNO.C5H10BNO2.2H2O.Pd.H2/c2*15-8-12-13-6-5-10(7-13)9-1-3-11(4-2-9)14(16)17;13-11-3-1-9(2-4-11)10-5-6-14(7-10)12-8-15;9-7(10,11)18-15(6-4-2-1-3-5-6)19(16,17)8(12,13)14;9-7(10)5-1-3-6(4-2-5)8(11)12;2*1-6-3-4-8(5-6)7(2)9;1-6(9)7-3-2-5(8)4-7;;;;/h1-4,7-8H,5-6H2;1-5,8H,6-7H2;1-4,8,10H,5-7,13H2;1-5H;1-4,9-10H;5,9H,3-4H2,1-2H3;3,9H,4-5H2,1-2H3;9H,2-4H2,1H3;2*1H2;;1H. The van der Waals surface area contributed by atoms with Gasteiger partial charge in [0.05, 0.1) is 44.8 Å². The molecule has 2 fully saturated rings. The number of hydrogen-bond donors (Lipinski definition) is 6. The summed E-state index contributed by atoms with van der Waals surface area (Å²) in [6, 6.07) is 31.1. The van der Waals surface area contributed by atoms with Crippen molar-refractivity contribution in [2.45, 2.75) is 76.9 Å². The number of sulfonamides is 1. The van der Waals surface area contributed by atoms with E-state index >= 15 is 0 Å². The second kappa shape index (κ2) is 49.2. The third kappa shape index (κ3) is 34.9. The molecule has 30 nitrogen and oxygen atoms in total. The van der Waals surface area contributed by atoms with Crippen molar-refractivity contribution in [1.29, 1.82) is 0 Å². The van der Waals surface area contributed by atoms with Gasteiger partial charge < -0.3 is 85.1 Å². The normalized spacial score (nSPS) is 15.7. The van der Waals surface area contributed by atoms with Gasteiger partial charge in [0.15, 0.2) is 0 Å². The van der Waals surface area contributed by atoms with Gasteiger partial charge in [0.25, 0.3) is 31.9 Å². The third-order valence-corrected chi connectivity index (χ3v) is 18.8. The maximum absolute atomic E-state index is 12.3. The average molecular weight is 1670 g/mol. The van der Waals surface area contributed by atoms with E-state index in [1.807, 2.05) is 49.9 Å². The van der Waals surface area contributed by atoms with Crippen molar-refractivity contribution in [2.75, 3.05) is 74.9 Å². The predicted molar refractivity (Wildman–Crippen MR) is 415 cm³/mol. The molecule has 6 aliphatic rings. The fraction of sp³-hybridized carbons (Fsp3) is 0.344. The first-order chi connectivity index (χ1) is 50.4. The number of carbonyl (C=O) groups is 4. The molecule has 1 unspecified atom stereocenters. The summed E-state index contributed by atoms with van der Waals surface area (Å²) in [5.74, 6) is 0.762. The number of nitrogens with zero attached hydrogens (tertiary/aromatic N) is 10. The number of non-ortho nitro benzene ring substituents is 3. The molecule has 0 aliphatic carbocycles. The minimum absolute atomic E-state index is 0. The van der Waals surface area contributed by atoms with Gasteiger partial charge in [-0.1, -0.05) is 65.8 Å². The molecular weight excluding hydrogens is 1590 g/mol. The molecule has 3 radical (unpaired) electrons. The fourth-order valence-corrected chi connectivity index (χ4v) is 12.3. The molecule has 6 aliphatic heterocycles. The van der Waals surface area contributed by atoms with E-state index in [2.05, 4.69) is 36.9 Å². The van der Waals surface area contributed by atoms with E-state index < -0.39 is 71.3 Å². The first kappa shape index (κ1) is 99.7. The molecule has 0 bridgehead atoms. The number of ketones is 1. The number of rotatable bonds is 19. The third-order valence-electron chi connectivity index (χ3n) is 16.2. The van der Waals surface area contributed by atoms with Crippen LogP contribution in [-0.4, -0.2) is 239 Å². The van der Waals surface area contributed by atoms with Gasteiger partial charge in [-0.2, -0.15) is 38.5 Å². The molecule has 2 saturated heterocycles. The quantitative estimate of drug-likeness (QED) is 0.00899. The predicted octanol–water partition coefficient (Wildman–Crippen LogP) is 5.24. The Kier molecular flexibility index (Phi) is 44.6. The minimum Gasteiger partial charge on any atom is -0.437 e. The zero-order valence-corrected chi connectivity index (χ0v) is 63.5. The van der Waals surface area contributed by atoms with Crippen LogP contribution in [0.4, 0.5) is 54.8 Å². The number of anilines is 2. The number of Topliss-reactive ketones (excluding diaryl/α,β-unsaturated/α-hetero) is 1. The second-order valence-electron chi connectivity index (χ2n) is 24.3. The Morgan fingerprint density at radius 2 is 1.11 bits per heavy atom. The summed E-state index contributed by atoms with van der Waals surface area (Å²) in [7, 11) is -4.21. The van der Waals surface area contributed by atoms with Crippen LogP contribution in [0.25, 0.3) is 11.1 Å². The smallest absolute Gasteiger partial charge is 0.437 e. The molecule has 595 valence electrons. The average Bonchev–Trinajstić information content (AvgIpc) is 1.77. The van der Waals surface area contributed by atoms with Crippen LogP contribution < -0.4 is 14.9 Å². The van der Waals surface area contributed by atoms with E-state index in [1.165, 1.54) is 86.1 Å². The molecule has 11 rings (SSSR count). The summed E-state index contributed by atoms with van der Waals surface area (Å²) in [6.45, 7) is 17.4. The Bertz CT molecular complexity index is 3970. The Balaban J connectivity index is 0.00000126. The molecule has 0 aromatic heterocycles. The molecule has 5 aromatic carbocycles. The summed E-state index contributed by atoms with van der Waals surface area (Å²) in [5, 5.41) is 75.5. The van der Waals surface area contributed by atoms with Crippen LogP contribution in [0.1, 0.15) is 63.6 Å². The van der Waals surface area contributed by atoms with Crippen molar-refractivity contribution in [3.63, 3.8) is 0 Å². The van der Waals surface area contributed by atoms with Crippen LogP contribution in [0.3, 0.4) is 0 Å². The summed E-state index contributed by atoms with van der Waals surface area (Å²) >= 11 is -1.39. The summed E-state index contributed by atoms with van der Waals surface area (Å²) < 4.78 is 95.0. The first-order valence-electron chi connectivity index (χ1n) is 32.9. The van der Waals surface area contributed by atoms with Gasteiger partial charge >= 0.3 is 56.7 Å². The molecule has 0 saturated carbocycles. The maximum Gasteiger partial charge on any atom is 0.517 e. The molecule has 0 amide bonds. The second-order valence-corrected chi connectivity index (χ2v) is 27.3. The van der Waals surface area contributed by atoms with Crippen molar-refractivity contribution >= 4 is 142 Å². The van der Waals surface area contributed by atoms with E-state index in [1.54, 1.807) is 57.0 Å². The molecular formula is C64H85B7F6N11O19PdS2. The molecule has 1 atom stereocenters. The summed E-state index contributed by atoms with van der Waals surface area (Å²) in [4.78, 5) is 82.8. The first-order valence-corrected chi connectivity index (χ1v) is 35.1. The Hall–Kier alpha value is -8.30. The van der Waals surface area contributed by atoms with Gasteiger partial charge in [-0.15, -0.1) is 0 Å². The van der Waals surface area contributed by atoms with Crippen molar-refractivity contribution in [1.82, 2.24) is 28.9 Å². The summed E-state index contributed by atoms with van der Waals surface area (Å²) in [5.41, 5.74) is 3.11. The van der Waals surface area contributed by atoms with Gasteiger partial charge in [-0.3, -0.25) is 35.1 Å². The fourth-order valence-electron chi connectivity index (χ4n) is 10.4. The molecule has 5 aromatic rings. The Morgan fingerprint density at radius 1 is 0.600 bits per heavy atom. The summed E-state index contributed by atoms with van der Waals surface area (Å²) in [6.07, 6.45) is 14.1. The Labute approximate surface area is 655 Å². The van der Waals surface area contributed by atoms with E-state index in [0.717, 1.165) is 136 Å². The molecule has 110 heavy (non-hydrogen) atoms. The number of carbonyl (C=O) groups excluding carboxylic acids is 4. The van der Waals surface area contributed by atoms with E-state index in [9.17, 15) is 84.3 Å². The van der Waals surface area contributed by atoms with Crippen LogP contribution in [-0.2, 0) is 49.6 Å². The van der Waals surface area contributed by atoms with Gasteiger partial charge in [0.2, 0.25) is 0 Å². The number of para-hydroxylation sites is 1. The van der Waals surface area contributed by atoms with E-state index in [4.69, 9.17) is 30.9 Å². The number of halogens is 6. The Morgan fingerprint density at radius 3 is 1.50 bits per heavy atom. The van der Waals surface area contributed by atoms with Crippen molar-refractivity contribution in [3.05, 3.63) is 210 Å². The number of benzene rings is 5. The minimum atomic E-state index is -6.15. The van der Waals surface area contributed by atoms with Crippen LogP contribution in [0.5, 0.6) is 0 Å². The van der Waals surface area contributed by atoms with Gasteiger partial charge in [-0.25, -0.2) is 0 Å². The number of alkyl halides is 6. The molecule has 11 N–H and O–H groups in total. The topological polar surface area (TPSA) is 445 Å². The maximum atomic E-state index is 12.3. The SMILES string of the molecule is CB(O)N1C=C(C)CC1.CB(O)N1CC=C(C)C1.CB(O)N1CCC(=O)C1.Nc1ccc(C2CCN([B]C=O)C2)cc1.O.O.O=C[B]N1C=C(c2ccc([N+](=O)[O-])cc2)CC1.O=C[B]N1CC=C(c2ccc([N+](=O)[O-])cc2)C1.O=S(=O)(N(SC(F)(F)F)c1ccccc1)C(F)(F)F.O=[N+]([O-])c1ccc(B(O)O)cc1.[HH].[Pd]. The molecule has 6 heterocycles. The number of hydrogen-bond acceptors (Lipinski definition) is 25. The zero-order chi connectivity index (χ0) is 79.8. The van der Waals surface area contributed by atoms with Gasteiger partial charge in [0.1, 0.15) is 12.0 Å². The largest absolute Gasteiger partial charge is 0.517 e. The molecule has 0 spiro atoms. The monoisotopic (exact) mass is 1670 g/mol.